The van der Waals surface area contributed by atoms with Gasteiger partial charge in [0.1, 0.15) is 13.2 Å². The number of nitrogens with zero attached hydrogens (tertiary/aromatic N) is 1. The van der Waals surface area contributed by atoms with Crippen molar-refractivity contribution in [3.05, 3.63) is 231 Å². The van der Waals surface area contributed by atoms with Crippen molar-refractivity contribution >= 4 is 17.9 Å². The lowest BCUT2D eigenvalue weighted by molar-refractivity contribution is -0.870. The average molecular weight is 1390 g/mol. The van der Waals surface area contributed by atoms with Crippen molar-refractivity contribution in [3.8, 4) is 0 Å². The molecule has 0 amide bonds. The number of allylic oxidation sites excluding steroid dienone is 38. The minimum absolute atomic E-state index is 0.133. The summed E-state index contributed by atoms with van der Waals surface area (Å²) < 4.78 is 22.8. The molecule has 101 heavy (non-hydrogen) atoms. The summed E-state index contributed by atoms with van der Waals surface area (Å²) >= 11 is 0. The number of ether oxygens (including phenoxy) is 4. The highest BCUT2D eigenvalue weighted by Crippen LogP contribution is 2.15. The molecule has 0 spiro atoms. The minimum atomic E-state index is -1.64. The zero-order valence-corrected chi connectivity index (χ0v) is 64.4. The van der Waals surface area contributed by atoms with Gasteiger partial charge < -0.3 is 33.3 Å². The molecule has 0 aliphatic carbocycles. The summed E-state index contributed by atoms with van der Waals surface area (Å²) in [7, 11) is 5.91. The molecular weight excluding hydrogens is 1250 g/mol. The van der Waals surface area contributed by atoms with E-state index >= 15 is 0 Å². The second-order valence-electron chi connectivity index (χ2n) is 26.5. The van der Waals surface area contributed by atoms with Crippen molar-refractivity contribution in [3.63, 3.8) is 0 Å². The third-order valence-electron chi connectivity index (χ3n) is 15.9. The van der Waals surface area contributed by atoms with Crippen LogP contribution in [0.25, 0.3) is 0 Å². The van der Waals surface area contributed by atoms with Crippen LogP contribution in [0.5, 0.6) is 0 Å². The number of carbonyl (C=O) groups is 3. The number of carboxylic acids is 1. The van der Waals surface area contributed by atoms with Crippen LogP contribution in [0.2, 0.25) is 0 Å². The van der Waals surface area contributed by atoms with Gasteiger partial charge in [-0.2, -0.15) is 0 Å². The van der Waals surface area contributed by atoms with E-state index in [1.165, 1.54) is 57.8 Å². The molecule has 2 atom stereocenters. The Morgan fingerprint density at radius 3 is 0.792 bits per heavy atom. The molecule has 0 aromatic rings. The maximum absolute atomic E-state index is 13.0. The molecule has 564 valence electrons. The first-order chi connectivity index (χ1) is 49.6. The molecule has 0 bridgehead atoms. The Hall–Kier alpha value is -6.65. The van der Waals surface area contributed by atoms with E-state index in [1.54, 1.807) is 0 Å². The van der Waals surface area contributed by atoms with Crippen LogP contribution in [0.3, 0.4) is 0 Å². The number of aliphatic carboxylic acids is 1. The van der Waals surface area contributed by atoms with E-state index in [0.717, 1.165) is 180 Å². The van der Waals surface area contributed by atoms with Gasteiger partial charge in [-0.25, -0.2) is 0 Å². The monoisotopic (exact) mass is 1390 g/mol. The lowest BCUT2D eigenvalue weighted by atomic mass is 10.1. The fraction of sp³-hybridized carbons (Fsp3) is 0.554. The van der Waals surface area contributed by atoms with Crippen LogP contribution < -0.4 is 5.11 Å². The Bertz CT molecular complexity index is 2520. The van der Waals surface area contributed by atoms with Crippen LogP contribution in [0.15, 0.2) is 231 Å². The number of quaternary nitrogens is 1. The molecule has 0 fully saturated rings. The second-order valence-corrected chi connectivity index (χ2v) is 26.5. The molecule has 9 heteroatoms. The number of hydrogen-bond acceptors (Lipinski definition) is 8. The van der Waals surface area contributed by atoms with Crippen LogP contribution in [0.4, 0.5) is 0 Å². The smallest absolute Gasteiger partial charge is 0.306 e. The fourth-order valence-corrected chi connectivity index (χ4v) is 9.97. The van der Waals surface area contributed by atoms with Gasteiger partial charge in [0.2, 0.25) is 0 Å². The standard InChI is InChI=1S/C92H143NO8/c1-6-8-10-12-14-16-18-20-22-24-26-28-30-32-34-36-38-40-42-44-45-47-49-51-53-55-57-59-61-63-65-67-69-71-73-75-77-79-81-83-90(95)101-88(87-100-92(91(96)97)98-85-84-93(3,4)5)86-99-89(94)82-80-78-76-74-72-70-68-66-64-62-60-58-56-54-52-50-48-46-43-41-39-37-35-33-31-29-27-25-23-21-19-17-15-13-11-9-7-2/h8-11,14-17,20-23,26-29,32-35,38-41,44-46,48-49,51-52,54-55,57-58,60-61,63,88,92H,6-7,12-13,18-19,24-25,30-31,36-37,42-43,47,50,53,56,59,62,64-87H2,1-5H3/b10-8-,11-9-,16-14-,17-15-,22-20-,23-21-,28-26-,29-27-,34-32-,35-33-,40-38-,41-39-,45-44-,48-46-,51-49-,54-52-,57-55-,60-58-,63-61-. The van der Waals surface area contributed by atoms with Gasteiger partial charge in [-0.15, -0.1) is 0 Å². The summed E-state index contributed by atoms with van der Waals surface area (Å²) in [6.45, 7) is 4.48. The van der Waals surface area contributed by atoms with Crippen LogP contribution in [0.1, 0.15) is 271 Å². The van der Waals surface area contributed by atoms with Crippen LogP contribution >= 0.6 is 0 Å². The van der Waals surface area contributed by atoms with Gasteiger partial charge in [0.25, 0.3) is 0 Å². The molecule has 0 aliphatic heterocycles. The van der Waals surface area contributed by atoms with Crippen molar-refractivity contribution in [2.45, 2.75) is 283 Å². The number of unbranched alkanes of at least 4 members (excludes halogenated alkanes) is 17. The zero-order valence-electron chi connectivity index (χ0n) is 64.4. The van der Waals surface area contributed by atoms with Gasteiger partial charge in [-0.1, -0.05) is 328 Å². The van der Waals surface area contributed by atoms with Crippen molar-refractivity contribution in [2.24, 2.45) is 0 Å². The van der Waals surface area contributed by atoms with Crippen molar-refractivity contribution in [1.82, 2.24) is 0 Å². The molecule has 0 radical (unpaired) electrons. The number of esters is 2. The predicted octanol–water partition coefficient (Wildman–Crippen LogP) is 24.5. The highest BCUT2D eigenvalue weighted by Gasteiger charge is 2.22. The van der Waals surface area contributed by atoms with E-state index in [4.69, 9.17) is 18.9 Å². The lowest BCUT2D eigenvalue weighted by Crippen LogP contribution is -2.44. The molecule has 0 saturated carbocycles. The van der Waals surface area contributed by atoms with Crippen molar-refractivity contribution in [1.29, 1.82) is 0 Å². The number of carbonyl (C=O) groups excluding carboxylic acids is 3. The predicted molar refractivity (Wildman–Crippen MR) is 434 cm³/mol. The number of hydrogen-bond donors (Lipinski definition) is 0. The third-order valence-corrected chi connectivity index (χ3v) is 15.9. The molecule has 0 rings (SSSR count). The highest BCUT2D eigenvalue weighted by molar-refractivity contribution is 5.70. The number of likely N-dealkylation sites (N-methyl/N-ethyl adjacent to an activating group) is 1. The molecule has 0 heterocycles. The Balaban J connectivity index is 4.19. The van der Waals surface area contributed by atoms with Gasteiger partial charge >= 0.3 is 11.9 Å². The Morgan fingerprint density at radius 2 is 0.535 bits per heavy atom. The normalized spacial score (nSPS) is 14.0. The fourth-order valence-electron chi connectivity index (χ4n) is 9.97. The maximum atomic E-state index is 13.0. The Kier molecular flexibility index (Phi) is 73.9. The van der Waals surface area contributed by atoms with E-state index in [-0.39, 0.29) is 38.6 Å². The third kappa shape index (κ3) is 80.5. The largest absolute Gasteiger partial charge is 0.545 e. The Labute approximate surface area is 619 Å². The molecule has 0 aromatic carbocycles. The summed E-state index contributed by atoms with van der Waals surface area (Å²) in [6.07, 6.45) is 123. The summed E-state index contributed by atoms with van der Waals surface area (Å²) in [5.41, 5.74) is 0. The molecule has 2 unspecified atom stereocenters. The van der Waals surface area contributed by atoms with Crippen LogP contribution in [-0.2, 0) is 33.3 Å². The van der Waals surface area contributed by atoms with E-state index in [2.05, 4.69) is 245 Å². The quantitative estimate of drug-likeness (QED) is 0.0195. The number of carboxylic acid groups (broad SMARTS) is 1. The maximum Gasteiger partial charge on any atom is 0.306 e. The van der Waals surface area contributed by atoms with Gasteiger partial charge in [0.05, 0.1) is 40.3 Å². The second kappa shape index (κ2) is 79.1. The molecular formula is C92H143NO8. The van der Waals surface area contributed by atoms with E-state index in [0.29, 0.717) is 17.4 Å². The summed E-state index contributed by atoms with van der Waals surface area (Å²) in [5.74, 6) is -2.32. The van der Waals surface area contributed by atoms with Gasteiger partial charge in [-0.3, -0.25) is 9.59 Å². The first kappa shape index (κ1) is 94.4. The van der Waals surface area contributed by atoms with Crippen LogP contribution in [0, 0.1) is 0 Å². The average Bonchev–Trinajstić information content (AvgIpc) is 1.21. The van der Waals surface area contributed by atoms with Gasteiger partial charge in [-0.05, 0) is 161 Å². The Morgan fingerprint density at radius 1 is 0.297 bits per heavy atom. The number of rotatable bonds is 70. The molecule has 0 aliphatic rings. The van der Waals surface area contributed by atoms with Crippen LogP contribution in [-0.4, -0.2) is 82.3 Å². The zero-order chi connectivity index (χ0) is 73.2. The van der Waals surface area contributed by atoms with Gasteiger partial charge in [0, 0.05) is 12.8 Å². The van der Waals surface area contributed by atoms with Gasteiger partial charge in [0.15, 0.2) is 12.4 Å². The summed E-state index contributed by atoms with van der Waals surface area (Å²) in [6, 6.07) is 0. The van der Waals surface area contributed by atoms with Crippen molar-refractivity contribution < 1.29 is 42.9 Å². The lowest BCUT2D eigenvalue weighted by Gasteiger charge is -2.26. The highest BCUT2D eigenvalue weighted by atomic mass is 16.7. The molecule has 0 aromatic heterocycles. The first-order valence-corrected chi connectivity index (χ1v) is 39.5. The summed E-state index contributed by atoms with van der Waals surface area (Å²) in [4.78, 5) is 37.6. The SMILES string of the molecule is CC/C=C\C/C=C\C/C=C\C/C=C\C/C=C\C/C=C\C/C=C\C/C=C\C/C=C\C/C=C\CCCCCCCCCCC(=O)OC(COC(=O)CCCCCCCCCCC/C=C\C/C=C\C/C=C\C/C=C\C/C=C\C/C=C\C/C=C\C/C=C\C/C=C\CC)COC(OCC[N+](C)(C)C)C(=O)[O-]. The molecule has 0 N–H and O–H groups in total. The van der Waals surface area contributed by atoms with E-state index in [9.17, 15) is 19.5 Å². The minimum Gasteiger partial charge on any atom is -0.545 e. The summed E-state index contributed by atoms with van der Waals surface area (Å²) in [5, 5.41) is 11.9. The van der Waals surface area contributed by atoms with E-state index < -0.39 is 24.3 Å². The van der Waals surface area contributed by atoms with E-state index in [1.807, 2.05) is 21.1 Å². The van der Waals surface area contributed by atoms with Crippen molar-refractivity contribution in [2.75, 3.05) is 47.5 Å². The molecule has 9 nitrogen and oxygen atoms in total. The molecule has 0 saturated heterocycles. The first-order valence-electron chi connectivity index (χ1n) is 39.5. The topological polar surface area (TPSA) is 111 Å².